The van der Waals surface area contributed by atoms with Crippen molar-refractivity contribution in [1.29, 1.82) is 0 Å². The van der Waals surface area contributed by atoms with Crippen molar-refractivity contribution >= 4 is 0 Å². The van der Waals surface area contributed by atoms with Crippen LogP contribution in [0.25, 0.3) is 0 Å². The second-order valence-corrected chi connectivity index (χ2v) is 6.03. The Bertz CT molecular complexity index is 574. The summed E-state index contributed by atoms with van der Waals surface area (Å²) in [6.45, 7) is 2.07. The van der Waals surface area contributed by atoms with Crippen LogP contribution in [0.15, 0.2) is 40.9 Å². The third-order valence-electron chi connectivity index (χ3n) is 4.47. The molecular weight excluding hydrogens is 248 g/mol. The molecule has 1 saturated carbocycles. The van der Waals surface area contributed by atoms with Crippen molar-refractivity contribution in [1.82, 2.24) is 10.1 Å². The van der Waals surface area contributed by atoms with Gasteiger partial charge in [0.1, 0.15) is 5.76 Å². The smallest absolute Gasteiger partial charge is 0.140 e. The molecule has 0 radical (unpaired) electrons. The SMILES string of the molecule is c1ccc(C2CCCN2Cc2cc(C3CC3)on2)cc1. The van der Waals surface area contributed by atoms with Crippen LogP contribution in [0.1, 0.15) is 54.7 Å². The van der Waals surface area contributed by atoms with E-state index in [0.29, 0.717) is 12.0 Å². The first-order chi connectivity index (χ1) is 9.90. The molecule has 2 aliphatic rings. The summed E-state index contributed by atoms with van der Waals surface area (Å²) in [7, 11) is 0. The highest BCUT2D eigenvalue weighted by Gasteiger charge is 2.30. The standard InChI is InChI=1S/C17H20N2O/c1-2-5-13(6-3-1)16-7-4-10-19(16)12-15-11-17(20-18-15)14-8-9-14/h1-3,5-6,11,14,16H,4,7-10,12H2. The molecule has 0 amide bonds. The van der Waals surface area contributed by atoms with Gasteiger partial charge in [0.15, 0.2) is 0 Å². The van der Waals surface area contributed by atoms with Gasteiger partial charge in [0.05, 0.1) is 5.69 Å². The maximum Gasteiger partial charge on any atom is 0.140 e. The van der Waals surface area contributed by atoms with E-state index in [1.807, 2.05) is 0 Å². The fourth-order valence-corrected chi connectivity index (χ4v) is 3.24. The Morgan fingerprint density at radius 3 is 2.80 bits per heavy atom. The predicted octanol–water partition coefficient (Wildman–Crippen LogP) is 3.89. The zero-order chi connectivity index (χ0) is 13.4. The Labute approximate surface area is 119 Å². The van der Waals surface area contributed by atoms with Crippen molar-refractivity contribution in [2.75, 3.05) is 6.54 Å². The maximum absolute atomic E-state index is 5.46. The first-order valence-corrected chi connectivity index (χ1v) is 7.64. The Kier molecular flexibility index (Phi) is 3.07. The van der Waals surface area contributed by atoms with Crippen molar-refractivity contribution in [3.8, 4) is 0 Å². The summed E-state index contributed by atoms with van der Waals surface area (Å²) in [5.41, 5.74) is 2.52. The Morgan fingerprint density at radius 1 is 1.15 bits per heavy atom. The van der Waals surface area contributed by atoms with Crippen LogP contribution in [0.2, 0.25) is 0 Å². The molecule has 1 atom stereocenters. The van der Waals surface area contributed by atoms with E-state index < -0.39 is 0 Å². The first kappa shape index (κ1) is 12.2. The van der Waals surface area contributed by atoms with Crippen LogP contribution >= 0.6 is 0 Å². The molecule has 3 nitrogen and oxygen atoms in total. The molecule has 2 fully saturated rings. The molecule has 0 bridgehead atoms. The van der Waals surface area contributed by atoms with Crippen molar-refractivity contribution in [3.05, 3.63) is 53.4 Å². The number of benzene rings is 1. The van der Waals surface area contributed by atoms with Gasteiger partial charge in [0, 0.05) is 24.6 Å². The van der Waals surface area contributed by atoms with Gasteiger partial charge in [-0.1, -0.05) is 35.5 Å². The van der Waals surface area contributed by atoms with Crippen molar-refractivity contribution in [2.24, 2.45) is 0 Å². The van der Waals surface area contributed by atoms with Gasteiger partial charge >= 0.3 is 0 Å². The molecule has 2 aromatic rings. The van der Waals surface area contributed by atoms with Crippen LogP contribution in [-0.4, -0.2) is 16.6 Å². The highest BCUT2D eigenvalue weighted by atomic mass is 16.5. The number of nitrogens with zero attached hydrogens (tertiary/aromatic N) is 2. The number of likely N-dealkylation sites (tertiary alicyclic amines) is 1. The van der Waals surface area contributed by atoms with Crippen LogP contribution in [0.4, 0.5) is 0 Å². The van der Waals surface area contributed by atoms with Gasteiger partial charge in [-0.3, -0.25) is 4.90 Å². The van der Waals surface area contributed by atoms with E-state index in [-0.39, 0.29) is 0 Å². The quantitative estimate of drug-likeness (QED) is 0.842. The van der Waals surface area contributed by atoms with Crippen molar-refractivity contribution < 1.29 is 4.52 Å². The summed E-state index contributed by atoms with van der Waals surface area (Å²) < 4.78 is 5.46. The van der Waals surface area contributed by atoms with E-state index in [9.17, 15) is 0 Å². The van der Waals surface area contributed by atoms with Gasteiger partial charge in [0.25, 0.3) is 0 Å². The third kappa shape index (κ3) is 2.38. The lowest BCUT2D eigenvalue weighted by atomic mass is 10.0. The first-order valence-electron chi connectivity index (χ1n) is 7.64. The topological polar surface area (TPSA) is 29.3 Å². The number of hydrogen-bond acceptors (Lipinski definition) is 3. The molecule has 104 valence electrons. The van der Waals surface area contributed by atoms with Crippen LogP contribution in [0.3, 0.4) is 0 Å². The van der Waals surface area contributed by atoms with Gasteiger partial charge in [0.2, 0.25) is 0 Å². The minimum Gasteiger partial charge on any atom is -0.361 e. The fraction of sp³-hybridized carbons (Fsp3) is 0.471. The van der Waals surface area contributed by atoms with Gasteiger partial charge in [-0.25, -0.2) is 0 Å². The van der Waals surface area contributed by atoms with Crippen LogP contribution in [-0.2, 0) is 6.54 Å². The summed E-state index contributed by atoms with van der Waals surface area (Å²) in [6.07, 6.45) is 5.06. The van der Waals surface area contributed by atoms with Gasteiger partial charge in [-0.05, 0) is 37.8 Å². The van der Waals surface area contributed by atoms with Crippen LogP contribution in [0, 0.1) is 0 Å². The molecule has 0 spiro atoms. The minimum absolute atomic E-state index is 0.539. The molecule has 20 heavy (non-hydrogen) atoms. The van der Waals surface area contributed by atoms with E-state index >= 15 is 0 Å². The van der Waals surface area contributed by atoms with E-state index in [1.165, 1.54) is 31.2 Å². The largest absolute Gasteiger partial charge is 0.361 e. The Morgan fingerprint density at radius 2 is 2.00 bits per heavy atom. The lowest BCUT2D eigenvalue weighted by Crippen LogP contribution is -2.22. The average molecular weight is 268 g/mol. The molecule has 3 heteroatoms. The Balaban J connectivity index is 1.49. The van der Waals surface area contributed by atoms with Crippen LogP contribution in [0.5, 0.6) is 0 Å². The van der Waals surface area contributed by atoms with Crippen molar-refractivity contribution in [2.45, 2.75) is 44.2 Å². The van der Waals surface area contributed by atoms with Gasteiger partial charge < -0.3 is 4.52 Å². The number of aromatic nitrogens is 1. The lowest BCUT2D eigenvalue weighted by molar-refractivity contribution is 0.239. The van der Waals surface area contributed by atoms with Crippen LogP contribution < -0.4 is 0 Å². The number of hydrogen-bond donors (Lipinski definition) is 0. The van der Waals surface area contributed by atoms with E-state index in [2.05, 4.69) is 46.5 Å². The normalized spacial score (nSPS) is 23.3. The fourth-order valence-electron chi connectivity index (χ4n) is 3.24. The zero-order valence-corrected chi connectivity index (χ0v) is 11.7. The summed E-state index contributed by atoms with van der Waals surface area (Å²) in [6, 6.07) is 13.5. The highest BCUT2D eigenvalue weighted by Crippen LogP contribution is 2.40. The summed E-state index contributed by atoms with van der Waals surface area (Å²) >= 11 is 0. The molecular formula is C17H20N2O. The Hall–Kier alpha value is -1.61. The second kappa shape index (κ2) is 5.06. The minimum atomic E-state index is 0.539. The third-order valence-corrected chi connectivity index (χ3v) is 4.47. The van der Waals surface area contributed by atoms with E-state index in [0.717, 1.165) is 24.5 Å². The van der Waals surface area contributed by atoms with E-state index in [1.54, 1.807) is 0 Å². The molecule has 1 aromatic heterocycles. The summed E-state index contributed by atoms with van der Waals surface area (Å²) in [5, 5.41) is 4.25. The molecule has 1 unspecified atom stereocenters. The van der Waals surface area contributed by atoms with Gasteiger partial charge in [-0.15, -0.1) is 0 Å². The summed E-state index contributed by atoms with van der Waals surface area (Å²) in [5.74, 6) is 1.75. The highest BCUT2D eigenvalue weighted by molar-refractivity contribution is 5.21. The second-order valence-electron chi connectivity index (χ2n) is 6.03. The van der Waals surface area contributed by atoms with Crippen molar-refractivity contribution in [3.63, 3.8) is 0 Å². The van der Waals surface area contributed by atoms with E-state index in [4.69, 9.17) is 4.52 Å². The number of rotatable bonds is 4. The average Bonchev–Trinajstić information content (AvgIpc) is 3.06. The lowest BCUT2D eigenvalue weighted by Gasteiger charge is -2.23. The zero-order valence-electron chi connectivity index (χ0n) is 11.7. The molecule has 1 aliphatic heterocycles. The molecule has 2 heterocycles. The summed E-state index contributed by atoms with van der Waals surface area (Å²) in [4.78, 5) is 2.53. The molecule has 4 rings (SSSR count). The van der Waals surface area contributed by atoms with Gasteiger partial charge in [-0.2, -0.15) is 0 Å². The predicted molar refractivity (Wildman–Crippen MR) is 77.3 cm³/mol. The maximum atomic E-state index is 5.46. The molecule has 1 saturated heterocycles. The molecule has 1 aromatic carbocycles. The molecule has 0 N–H and O–H groups in total. The molecule has 1 aliphatic carbocycles. The monoisotopic (exact) mass is 268 g/mol.